The van der Waals surface area contributed by atoms with Crippen molar-refractivity contribution in [1.29, 1.82) is 0 Å². The molecule has 2 heterocycles. The van der Waals surface area contributed by atoms with Gasteiger partial charge in [-0.1, -0.05) is 6.07 Å². The van der Waals surface area contributed by atoms with Gasteiger partial charge in [0.25, 0.3) is 5.91 Å². The van der Waals surface area contributed by atoms with Crippen LogP contribution in [0.25, 0.3) is 5.65 Å². The fraction of sp³-hybridized carbons (Fsp3) is 0.211. The van der Waals surface area contributed by atoms with Gasteiger partial charge in [0.2, 0.25) is 5.91 Å². The Morgan fingerprint density at radius 2 is 2.04 bits per heavy atom. The van der Waals surface area contributed by atoms with Crippen LogP contribution in [0.2, 0.25) is 0 Å². The molecule has 2 N–H and O–H groups in total. The number of anilines is 1. The second-order valence-electron chi connectivity index (χ2n) is 5.97. The zero-order valence-electron chi connectivity index (χ0n) is 14.2. The molecule has 3 rings (SSSR count). The highest BCUT2D eigenvalue weighted by atomic mass is 16.2. The Kier molecular flexibility index (Phi) is 4.79. The molecule has 25 heavy (non-hydrogen) atoms. The number of aromatic nitrogens is 2. The predicted octanol–water partition coefficient (Wildman–Crippen LogP) is 2.57. The molecule has 6 heteroatoms. The first-order valence-electron chi connectivity index (χ1n) is 8.11. The standard InChI is InChI=1S/C19H20N4O2/c1-13-7-9-23-12-17(22-18(23)10-13)6-8-20-19(25)15-4-3-5-16(11-15)21-14(2)24/h3-5,7,9-12H,6,8H2,1-2H3,(H,20,25)(H,21,24). The van der Waals surface area contributed by atoms with Gasteiger partial charge in [0.15, 0.2) is 0 Å². The third kappa shape index (κ3) is 4.23. The van der Waals surface area contributed by atoms with Crippen molar-refractivity contribution < 1.29 is 9.59 Å². The lowest BCUT2D eigenvalue weighted by Crippen LogP contribution is -2.25. The summed E-state index contributed by atoms with van der Waals surface area (Å²) in [4.78, 5) is 27.9. The van der Waals surface area contributed by atoms with Gasteiger partial charge in [0.05, 0.1) is 5.69 Å². The largest absolute Gasteiger partial charge is 0.352 e. The molecule has 2 amide bonds. The molecule has 3 aromatic rings. The molecule has 0 unspecified atom stereocenters. The monoisotopic (exact) mass is 336 g/mol. The average Bonchev–Trinajstić information content (AvgIpc) is 2.96. The number of imidazole rings is 1. The highest BCUT2D eigenvalue weighted by Gasteiger charge is 2.07. The normalized spacial score (nSPS) is 10.6. The van der Waals surface area contributed by atoms with Crippen LogP contribution < -0.4 is 10.6 Å². The third-order valence-electron chi connectivity index (χ3n) is 3.78. The molecule has 0 aliphatic rings. The van der Waals surface area contributed by atoms with Crippen LogP contribution in [0.1, 0.15) is 28.5 Å². The number of carbonyl (C=O) groups is 2. The molecule has 0 saturated carbocycles. The van der Waals surface area contributed by atoms with Crippen molar-refractivity contribution in [2.75, 3.05) is 11.9 Å². The molecule has 1 aromatic carbocycles. The van der Waals surface area contributed by atoms with Crippen LogP contribution in [0.3, 0.4) is 0 Å². The first-order valence-corrected chi connectivity index (χ1v) is 8.11. The maximum atomic E-state index is 12.2. The number of fused-ring (bicyclic) bond motifs is 1. The first kappa shape index (κ1) is 16.7. The van der Waals surface area contributed by atoms with E-state index in [1.165, 1.54) is 6.92 Å². The molecule has 6 nitrogen and oxygen atoms in total. The smallest absolute Gasteiger partial charge is 0.251 e. The van der Waals surface area contributed by atoms with Crippen LogP contribution in [0.15, 0.2) is 48.8 Å². The number of amides is 2. The number of nitrogens with one attached hydrogen (secondary N) is 2. The Bertz CT molecular complexity index is 930. The minimum atomic E-state index is -0.174. The molecule has 0 atom stereocenters. The van der Waals surface area contributed by atoms with Crippen molar-refractivity contribution >= 4 is 23.1 Å². The fourth-order valence-electron chi connectivity index (χ4n) is 2.60. The molecule has 0 aliphatic carbocycles. The summed E-state index contributed by atoms with van der Waals surface area (Å²) in [7, 11) is 0. The second-order valence-corrected chi connectivity index (χ2v) is 5.97. The third-order valence-corrected chi connectivity index (χ3v) is 3.78. The Morgan fingerprint density at radius 1 is 1.20 bits per heavy atom. The number of aryl methyl sites for hydroxylation is 1. The summed E-state index contributed by atoms with van der Waals surface area (Å²) in [5.41, 5.74) is 4.12. The van der Waals surface area contributed by atoms with Gasteiger partial charge in [0, 0.05) is 43.5 Å². The molecule has 0 radical (unpaired) electrons. The van der Waals surface area contributed by atoms with Crippen molar-refractivity contribution in [3.63, 3.8) is 0 Å². The van der Waals surface area contributed by atoms with E-state index in [2.05, 4.69) is 15.6 Å². The van der Waals surface area contributed by atoms with Crippen molar-refractivity contribution in [1.82, 2.24) is 14.7 Å². The fourth-order valence-corrected chi connectivity index (χ4v) is 2.60. The number of pyridine rings is 1. The molecule has 2 aromatic heterocycles. The number of nitrogens with zero attached hydrogens (tertiary/aromatic N) is 2. The Balaban J connectivity index is 1.59. The molecule has 0 bridgehead atoms. The summed E-state index contributed by atoms with van der Waals surface area (Å²) in [6.45, 7) is 3.96. The minimum absolute atomic E-state index is 0.167. The van der Waals surface area contributed by atoms with Crippen LogP contribution >= 0.6 is 0 Å². The Hall–Kier alpha value is -3.15. The van der Waals surface area contributed by atoms with Gasteiger partial charge in [-0.25, -0.2) is 4.98 Å². The highest BCUT2D eigenvalue weighted by Crippen LogP contribution is 2.11. The van der Waals surface area contributed by atoms with Crippen molar-refractivity contribution in [2.24, 2.45) is 0 Å². The average molecular weight is 336 g/mol. The van der Waals surface area contributed by atoms with E-state index in [0.717, 1.165) is 16.9 Å². The SMILES string of the molecule is CC(=O)Nc1cccc(C(=O)NCCc2cn3ccc(C)cc3n2)c1. The van der Waals surface area contributed by atoms with Gasteiger partial charge in [-0.2, -0.15) is 0 Å². The van der Waals surface area contributed by atoms with Gasteiger partial charge < -0.3 is 15.0 Å². The lowest BCUT2D eigenvalue weighted by Gasteiger charge is -2.06. The first-order chi connectivity index (χ1) is 12.0. The maximum absolute atomic E-state index is 12.2. The summed E-state index contributed by atoms with van der Waals surface area (Å²) in [6, 6.07) is 10.9. The van der Waals surface area contributed by atoms with E-state index < -0.39 is 0 Å². The topological polar surface area (TPSA) is 75.5 Å². The summed E-state index contributed by atoms with van der Waals surface area (Å²) >= 11 is 0. The van der Waals surface area contributed by atoms with Crippen LogP contribution in [-0.4, -0.2) is 27.7 Å². The molecule has 0 fully saturated rings. The Morgan fingerprint density at radius 3 is 2.84 bits per heavy atom. The lowest BCUT2D eigenvalue weighted by molar-refractivity contribution is -0.114. The van der Waals surface area contributed by atoms with Gasteiger partial charge in [-0.3, -0.25) is 9.59 Å². The van der Waals surface area contributed by atoms with E-state index in [-0.39, 0.29) is 11.8 Å². The van der Waals surface area contributed by atoms with Gasteiger partial charge in [-0.05, 0) is 42.8 Å². The van der Waals surface area contributed by atoms with Crippen molar-refractivity contribution in [3.8, 4) is 0 Å². The molecular formula is C19H20N4O2. The van der Waals surface area contributed by atoms with Gasteiger partial charge >= 0.3 is 0 Å². The number of hydrogen-bond acceptors (Lipinski definition) is 3. The molecule has 0 aliphatic heterocycles. The van der Waals surface area contributed by atoms with Crippen LogP contribution in [-0.2, 0) is 11.2 Å². The zero-order valence-corrected chi connectivity index (χ0v) is 14.2. The molecular weight excluding hydrogens is 316 g/mol. The summed E-state index contributed by atoms with van der Waals surface area (Å²) < 4.78 is 1.97. The van der Waals surface area contributed by atoms with Crippen molar-refractivity contribution in [2.45, 2.75) is 20.3 Å². The molecule has 0 spiro atoms. The highest BCUT2D eigenvalue weighted by molar-refractivity contribution is 5.96. The predicted molar refractivity (Wildman–Crippen MR) is 96.7 cm³/mol. The van der Waals surface area contributed by atoms with Crippen molar-refractivity contribution in [3.05, 3.63) is 65.6 Å². The van der Waals surface area contributed by atoms with Gasteiger partial charge in [-0.15, -0.1) is 0 Å². The van der Waals surface area contributed by atoms with Crippen LogP contribution in [0, 0.1) is 6.92 Å². The van der Waals surface area contributed by atoms with Crippen LogP contribution in [0.4, 0.5) is 5.69 Å². The lowest BCUT2D eigenvalue weighted by atomic mass is 10.2. The van der Waals surface area contributed by atoms with Crippen LogP contribution in [0.5, 0.6) is 0 Å². The molecule has 0 saturated heterocycles. The summed E-state index contributed by atoms with van der Waals surface area (Å²) in [5, 5.41) is 5.55. The van der Waals surface area contributed by atoms with E-state index in [1.807, 2.05) is 35.9 Å². The number of benzene rings is 1. The van der Waals surface area contributed by atoms with Gasteiger partial charge in [0.1, 0.15) is 5.65 Å². The van der Waals surface area contributed by atoms with E-state index in [4.69, 9.17) is 0 Å². The van der Waals surface area contributed by atoms with E-state index >= 15 is 0 Å². The minimum Gasteiger partial charge on any atom is -0.352 e. The second kappa shape index (κ2) is 7.17. The maximum Gasteiger partial charge on any atom is 0.251 e. The summed E-state index contributed by atoms with van der Waals surface area (Å²) in [6.07, 6.45) is 4.60. The number of rotatable bonds is 5. The van der Waals surface area contributed by atoms with E-state index in [9.17, 15) is 9.59 Å². The van der Waals surface area contributed by atoms with E-state index in [1.54, 1.807) is 24.3 Å². The zero-order chi connectivity index (χ0) is 17.8. The number of hydrogen-bond donors (Lipinski definition) is 2. The molecule has 128 valence electrons. The van der Waals surface area contributed by atoms with E-state index in [0.29, 0.717) is 24.2 Å². The quantitative estimate of drug-likeness (QED) is 0.752. The summed E-state index contributed by atoms with van der Waals surface area (Å²) in [5.74, 6) is -0.341. The Labute approximate surface area is 145 Å². The number of carbonyl (C=O) groups excluding carboxylic acids is 2.